The van der Waals surface area contributed by atoms with Crippen LogP contribution in [-0.2, 0) is 6.54 Å². The summed E-state index contributed by atoms with van der Waals surface area (Å²) in [5.74, 6) is 0. The maximum atomic E-state index is 10.7. The van der Waals surface area contributed by atoms with Crippen molar-refractivity contribution in [3.05, 3.63) is 53.1 Å². The summed E-state index contributed by atoms with van der Waals surface area (Å²) in [5, 5.41) is 22.8. The van der Waals surface area contributed by atoms with Crippen molar-refractivity contribution >= 4 is 54.6 Å². The minimum absolute atomic E-state index is 0.0892. The van der Waals surface area contributed by atoms with Crippen LogP contribution in [0.25, 0.3) is 0 Å². The van der Waals surface area contributed by atoms with Gasteiger partial charge in [-0.3, -0.25) is 10.1 Å². The van der Waals surface area contributed by atoms with Crippen LogP contribution in [0.15, 0.2) is 32.5 Å². The Hall–Kier alpha value is -1.43. The number of anilines is 1. The van der Waals surface area contributed by atoms with Crippen molar-refractivity contribution in [2.24, 2.45) is 0 Å². The number of halogens is 2. The molecule has 0 aliphatic carbocycles. The van der Waals surface area contributed by atoms with Crippen LogP contribution in [-0.4, -0.2) is 4.92 Å². The molecule has 0 bridgehead atoms. The Morgan fingerprint density at radius 1 is 1.40 bits per heavy atom. The Labute approximate surface area is 135 Å². The number of rotatable bonds is 4. The second-order valence-electron chi connectivity index (χ2n) is 3.79. The van der Waals surface area contributed by atoms with Crippen LogP contribution in [0.5, 0.6) is 0 Å². The molecule has 0 aliphatic rings. The van der Waals surface area contributed by atoms with Gasteiger partial charge in [0.05, 0.1) is 20.0 Å². The van der Waals surface area contributed by atoms with E-state index in [2.05, 4.69) is 37.2 Å². The highest BCUT2D eigenvalue weighted by Gasteiger charge is 2.11. The number of nitro benzene ring substituents is 1. The van der Waals surface area contributed by atoms with Gasteiger partial charge < -0.3 is 5.32 Å². The Balaban J connectivity index is 2.17. The summed E-state index contributed by atoms with van der Waals surface area (Å²) in [6, 6.07) is 8.13. The lowest BCUT2D eigenvalue weighted by Crippen LogP contribution is -2.00. The minimum atomic E-state index is -0.516. The number of hydrogen-bond donors (Lipinski definition) is 1. The van der Waals surface area contributed by atoms with Gasteiger partial charge in [0.2, 0.25) is 0 Å². The van der Waals surface area contributed by atoms with Crippen molar-refractivity contribution in [2.45, 2.75) is 6.54 Å². The predicted octanol–water partition coefficient (Wildman–Crippen LogP) is 4.67. The molecule has 0 fully saturated rings. The molecule has 8 heteroatoms. The molecule has 0 spiro atoms. The number of nitriles is 1. The first-order valence-corrected chi connectivity index (χ1v) is 7.77. The molecule has 0 unspecified atom stereocenters. The summed E-state index contributed by atoms with van der Waals surface area (Å²) >= 11 is 8.39. The van der Waals surface area contributed by atoms with Crippen molar-refractivity contribution in [1.29, 1.82) is 5.26 Å². The summed E-state index contributed by atoms with van der Waals surface area (Å²) in [7, 11) is 0. The van der Waals surface area contributed by atoms with Gasteiger partial charge in [-0.25, -0.2) is 0 Å². The molecule has 5 nitrogen and oxygen atoms in total. The van der Waals surface area contributed by atoms with Gasteiger partial charge in [0.15, 0.2) is 0 Å². The number of nitro groups is 1. The number of thiophene rings is 1. The fourth-order valence-corrected chi connectivity index (χ4v) is 3.67. The number of hydrogen-bond acceptors (Lipinski definition) is 5. The van der Waals surface area contributed by atoms with Crippen molar-refractivity contribution < 1.29 is 4.92 Å². The molecule has 0 atom stereocenters. The third-order valence-electron chi connectivity index (χ3n) is 2.48. The monoisotopic (exact) mass is 415 g/mol. The molecule has 0 saturated heterocycles. The third-order valence-corrected chi connectivity index (χ3v) is 5.74. The average Bonchev–Trinajstić information content (AvgIpc) is 2.75. The minimum Gasteiger partial charge on any atom is -0.379 e. The summed E-state index contributed by atoms with van der Waals surface area (Å²) in [4.78, 5) is 11.2. The second-order valence-corrected chi connectivity index (χ2v) is 7.10. The number of benzene rings is 1. The quantitative estimate of drug-likeness (QED) is 0.580. The molecule has 1 heterocycles. The van der Waals surface area contributed by atoms with Crippen LogP contribution in [0, 0.1) is 21.4 Å². The van der Waals surface area contributed by atoms with Crippen LogP contribution >= 0.6 is 43.2 Å². The highest BCUT2D eigenvalue weighted by Crippen LogP contribution is 2.33. The first-order chi connectivity index (χ1) is 9.51. The van der Waals surface area contributed by atoms with Crippen LogP contribution in [0.4, 0.5) is 11.4 Å². The smallest absolute Gasteiger partial charge is 0.270 e. The van der Waals surface area contributed by atoms with E-state index in [1.54, 1.807) is 17.4 Å². The summed E-state index contributed by atoms with van der Waals surface area (Å²) in [6.07, 6.45) is 0. The van der Waals surface area contributed by atoms with Gasteiger partial charge in [0.1, 0.15) is 6.07 Å². The second kappa shape index (κ2) is 6.35. The van der Waals surface area contributed by atoms with E-state index >= 15 is 0 Å². The number of nitrogens with one attached hydrogen (secondary N) is 1. The molecule has 0 amide bonds. The van der Waals surface area contributed by atoms with Gasteiger partial charge in [0, 0.05) is 28.0 Å². The molecule has 2 aromatic rings. The summed E-state index contributed by atoms with van der Waals surface area (Å²) in [5.41, 5.74) is 0.751. The van der Waals surface area contributed by atoms with Crippen LogP contribution < -0.4 is 5.32 Å². The molecular formula is C12H7Br2N3O2S. The SMILES string of the molecule is N#Cc1cc([N+](=O)[O-])ccc1NCc1cc(Br)c(Br)s1. The van der Waals surface area contributed by atoms with Crippen molar-refractivity contribution in [3.63, 3.8) is 0 Å². The first-order valence-electron chi connectivity index (χ1n) is 5.37. The van der Waals surface area contributed by atoms with E-state index < -0.39 is 4.92 Å². The van der Waals surface area contributed by atoms with E-state index in [9.17, 15) is 10.1 Å². The van der Waals surface area contributed by atoms with Crippen LogP contribution in [0.1, 0.15) is 10.4 Å². The van der Waals surface area contributed by atoms with Crippen LogP contribution in [0.3, 0.4) is 0 Å². The highest BCUT2D eigenvalue weighted by atomic mass is 79.9. The number of nitrogens with zero attached hydrogens (tertiary/aromatic N) is 2. The zero-order chi connectivity index (χ0) is 14.7. The molecule has 1 aromatic carbocycles. The maximum Gasteiger partial charge on any atom is 0.270 e. The Morgan fingerprint density at radius 3 is 2.70 bits per heavy atom. The van der Waals surface area contributed by atoms with Gasteiger partial charge in [-0.2, -0.15) is 5.26 Å². The van der Waals surface area contributed by atoms with E-state index in [1.807, 2.05) is 12.1 Å². The lowest BCUT2D eigenvalue weighted by Gasteiger charge is -2.06. The van der Waals surface area contributed by atoms with Crippen LogP contribution in [0.2, 0.25) is 0 Å². The fraction of sp³-hybridized carbons (Fsp3) is 0.0833. The van der Waals surface area contributed by atoms with Gasteiger partial charge in [0.25, 0.3) is 5.69 Å². The van der Waals surface area contributed by atoms with Gasteiger partial charge >= 0.3 is 0 Å². The molecular weight excluding hydrogens is 410 g/mol. The lowest BCUT2D eigenvalue weighted by molar-refractivity contribution is -0.384. The van der Waals surface area contributed by atoms with Gasteiger partial charge in [-0.1, -0.05) is 0 Å². The Bertz CT molecular complexity index is 690. The topological polar surface area (TPSA) is 79.0 Å². The van der Waals surface area contributed by atoms with E-state index in [0.717, 1.165) is 13.1 Å². The van der Waals surface area contributed by atoms with E-state index in [-0.39, 0.29) is 11.3 Å². The average molecular weight is 417 g/mol. The molecule has 20 heavy (non-hydrogen) atoms. The summed E-state index contributed by atoms with van der Waals surface area (Å²) < 4.78 is 1.97. The van der Waals surface area contributed by atoms with E-state index in [1.165, 1.54) is 12.1 Å². The molecule has 0 radical (unpaired) electrons. The van der Waals surface area contributed by atoms with Crippen molar-refractivity contribution in [1.82, 2.24) is 0 Å². The number of non-ortho nitro benzene ring substituents is 1. The lowest BCUT2D eigenvalue weighted by atomic mass is 10.1. The van der Waals surface area contributed by atoms with E-state index in [0.29, 0.717) is 12.2 Å². The first kappa shape index (κ1) is 15.0. The molecule has 2 rings (SSSR count). The molecule has 1 aromatic heterocycles. The predicted molar refractivity (Wildman–Crippen MR) is 84.9 cm³/mol. The fourth-order valence-electron chi connectivity index (χ4n) is 1.55. The van der Waals surface area contributed by atoms with Gasteiger partial charge in [-0.05, 0) is 44.0 Å². The molecule has 0 saturated carbocycles. The zero-order valence-corrected chi connectivity index (χ0v) is 13.9. The van der Waals surface area contributed by atoms with E-state index in [4.69, 9.17) is 5.26 Å². The maximum absolute atomic E-state index is 10.7. The van der Waals surface area contributed by atoms with Crippen molar-refractivity contribution in [3.8, 4) is 6.07 Å². The van der Waals surface area contributed by atoms with Gasteiger partial charge in [-0.15, -0.1) is 11.3 Å². The standard InChI is InChI=1S/C12H7Br2N3O2S/c13-10-4-9(20-12(10)14)6-16-11-2-1-8(17(18)19)3-7(11)5-15/h1-4,16H,6H2. The zero-order valence-electron chi connectivity index (χ0n) is 9.89. The Kier molecular flexibility index (Phi) is 4.75. The Morgan fingerprint density at radius 2 is 2.15 bits per heavy atom. The molecule has 102 valence electrons. The summed E-state index contributed by atoms with van der Waals surface area (Å²) in [6.45, 7) is 0.543. The molecule has 0 aliphatic heterocycles. The highest BCUT2D eigenvalue weighted by molar-refractivity contribution is 9.13. The van der Waals surface area contributed by atoms with Crippen molar-refractivity contribution in [2.75, 3.05) is 5.32 Å². The normalized spacial score (nSPS) is 10.1. The molecule has 1 N–H and O–H groups in total. The largest absolute Gasteiger partial charge is 0.379 e. The third kappa shape index (κ3) is 3.36.